The number of aromatic nitrogens is 1. The molecule has 0 bridgehead atoms. The van der Waals surface area contributed by atoms with E-state index in [9.17, 15) is 35.9 Å². The van der Waals surface area contributed by atoms with E-state index in [0.717, 1.165) is 16.5 Å². The number of H-pyrrole nitrogens is 1. The van der Waals surface area contributed by atoms with Crippen molar-refractivity contribution in [2.24, 2.45) is 0 Å². The summed E-state index contributed by atoms with van der Waals surface area (Å²) in [5.41, 5.74) is -2.53. The summed E-state index contributed by atoms with van der Waals surface area (Å²) in [6.45, 7) is 1.33. The molecule has 2 aromatic carbocycles. The van der Waals surface area contributed by atoms with E-state index < -0.39 is 46.8 Å². The van der Waals surface area contributed by atoms with Crippen molar-refractivity contribution in [2.75, 3.05) is 46.4 Å². The average molecular weight is 571 g/mol. The highest BCUT2D eigenvalue weighted by Gasteiger charge is 2.41. The summed E-state index contributed by atoms with van der Waals surface area (Å²) in [5, 5.41) is 3.89. The molecule has 1 aromatic heterocycles. The second-order valence-corrected chi connectivity index (χ2v) is 9.46. The summed E-state index contributed by atoms with van der Waals surface area (Å²) in [7, 11) is 1.43. The van der Waals surface area contributed by atoms with Crippen molar-refractivity contribution in [2.45, 2.75) is 24.9 Å². The van der Waals surface area contributed by atoms with Crippen molar-refractivity contribution in [3.8, 4) is 0 Å². The van der Waals surface area contributed by atoms with E-state index in [-0.39, 0.29) is 38.9 Å². The van der Waals surface area contributed by atoms with Crippen molar-refractivity contribution in [1.29, 1.82) is 0 Å². The second-order valence-electron chi connectivity index (χ2n) is 9.46. The van der Waals surface area contributed by atoms with Crippen LogP contribution in [-0.4, -0.2) is 79.0 Å². The monoisotopic (exact) mass is 570 g/mol. The molecular formula is C27H28F6N4O3. The molecule has 7 nitrogen and oxygen atoms in total. The largest absolute Gasteiger partial charge is 0.416 e. The molecule has 4 rings (SSSR count). The number of methoxy groups -OCH3 is 1. The number of nitrogens with zero attached hydrogens (tertiary/aromatic N) is 2. The van der Waals surface area contributed by atoms with Gasteiger partial charge < -0.3 is 19.9 Å². The first-order valence-corrected chi connectivity index (χ1v) is 12.5. The number of Topliss-reactive ketones (excluding diaryl/α,β-unsaturated/α-hetero) is 1. The molecule has 216 valence electrons. The van der Waals surface area contributed by atoms with Crippen molar-refractivity contribution in [1.82, 2.24) is 20.1 Å². The lowest BCUT2D eigenvalue weighted by Crippen LogP contribution is -2.58. The van der Waals surface area contributed by atoms with Gasteiger partial charge in [-0.2, -0.15) is 26.3 Å². The quantitative estimate of drug-likeness (QED) is 0.228. The molecule has 1 unspecified atom stereocenters. The molecule has 13 heteroatoms. The number of alkyl halides is 6. The number of aromatic amines is 1. The maximum absolute atomic E-state index is 14.0. The number of nitrogens with one attached hydrogen (secondary N) is 2. The Morgan fingerprint density at radius 1 is 1.00 bits per heavy atom. The predicted molar refractivity (Wildman–Crippen MR) is 135 cm³/mol. The normalized spacial score (nSPS) is 15.8. The number of hydrogen-bond acceptors (Lipinski definition) is 5. The smallest absolute Gasteiger partial charge is 0.383 e. The van der Waals surface area contributed by atoms with Gasteiger partial charge in [0.15, 0.2) is 11.8 Å². The summed E-state index contributed by atoms with van der Waals surface area (Å²) in [6.07, 6.45) is -8.56. The number of benzene rings is 2. The summed E-state index contributed by atoms with van der Waals surface area (Å²) < 4.78 is 86.3. The third-order valence-electron chi connectivity index (χ3n) is 6.78. The fraction of sp³-hybridized carbons (Fsp3) is 0.407. The molecule has 1 aliphatic rings. The van der Waals surface area contributed by atoms with Crippen LogP contribution < -0.4 is 5.32 Å². The van der Waals surface area contributed by atoms with E-state index in [1.165, 1.54) is 16.9 Å². The number of ketones is 1. The molecule has 0 spiro atoms. The lowest BCUT2D eigenvalue weighted by atomic mass is 9.96. The van der Waals surface area contributed by atoms with Crippen LogP contribution in [0.25, 0.3) is 10.9 Å². The van der Waals surface area contributed by atoms with Gasteiger partial charge in [0.05, 0.1) is 17.7 Å². The standard InChI is InChI=1S/C27H28F6N4O3/c1-40-11-10-37(16-18-15-35-22-5-3-2-4-21(18)22)25(39)23(36-8-6-34-7-9-36)24(38)17-12-19(26(28,29)30)14-20(13-17)27(31,32)33/h2-5,12-15,23,34-35H,6-11,16H2,1H3. The van der Waals surface area contributed by atoms with E-state index in [0.29, 0.717) is 25.2 Å². The summed E-state index contributed by atoms with van der Waals surface area (Å²) in [6, 6.07) is 6.42. The molecule has 0 radical (unpaired) electrons. The van der Waals surface area contributed by atoms with E-state index in [2.05, 4.69) is 10.3 Å². The van der Waals surface area contributed by atoms with E-state index >= 15 is 0 Å². The number of fused-ring (bicyclic) bond motifs is 1. The van der Waals surface area contributed by atoms with Crippen LogP contribution in [0.5, 0.6) is 0 Å². The Labute approximate surface area is 226 Å². The van der Waals surface area contributed by atoms with Crippen LogP contribution in [0.1, 0.15) is 27.0 Å². The SMILES string of the molecule is COCCN(Cc1c[nH]c2ccccc12)C(=O)C(C(=O)c1cc(C(F)(F)F)cc(C(F)(F)F)c1)N1CCNCC1. The second kappa shape index (κ2) is 12.0. The molecule has 1 fully saturated rings. The molecule has 1 saturated heterocycles. The zero-order valence-electron chi connectivity index (χ0n) is 21.5. The molecule has 2 heterocycles. The molecule has 1 atom stereocenters. The van der Waals surface area contributed by atoms with Crippen LogP contribution in [0.4, 0.5) is 26.3 Å². The first-order chi connectivity index (χ1) is 18.9. The molecule has 0 aliphatic carbocycles. The Morgan fingerprint density at radius 2 is 1.62 bits per heavy atom. The number of carbonyl (C=O) groups is 2. The number of hydrogen-bond donors (Lipinski definition) is 2. The number of carbonyl (C=O) groups excluding carboxylic acids is 2. The fourth-order valence-electron chi connectivity index (χ4n) is 4.74. The van der Waals surface area contributed by atoms with Crippen molar-refractivity contribution < 1.29 is 40.7 Å². The van der Waals surface area contributed by atoms with Gasteiger partial charge in [-0.1, -0.05) is 18.2 Å². The molecule has 1 amide bonds. The zero-order valence-corrected chi connectivity index (χ0v) is 21.5. The van der Waals surface area contributed by atoms with Crippen LogP contribution >= 0.6 is 0 Å². The van der Waals surface area contributed by atoms with E-state index in [4.69, 9.17) is 4.74 Å². The van der Waals surface area contributed by atoms with Crippen molar-refractivity contribution in [3.05, 3.63) is 70.9 Å². The highest BCUT2D eigenvalue weighted by molar-refractivity contribution is 6.13. The highest BCUT2D eigenvalue weighted by Crippen LogP contribution is 2.37. The molecule has 0 saturated carbocycles. The summed E-state index contributed by atoms with van der Waals surface area (Å²) in [5.74, 6) is -1.87. The highest BCUT2D eigenvalue weighted by atomic mass is 19.4. The van der Waals surface area contributed by atoms with E-state index in [1.807, 2.05) is 24.3 Å². The van der Waals surface area contributed by atoms with Crippen LogP contribution in [-0.2, 0) is 28.4 Å². The van der Waals surface area contributed by atoms with Gasteiger partial charge in [0.1, 0.15) is 0 Å². The molecule has 40 heavy (non-hydrogen) atoms. The van der Waals surface area contributed by atoms with Gasteiger partial charge in [-0.3, -0.25) is 14.5 Å². The number of para-hydroxylation sites is 1. The minimum atomic E-state index is -5.13. The van der Waals surface area contributed by atoms with Gasteiger partial charge >= 0.3 is 12.4 Å². The maximum atomic E-state index is 14.0. The Morgan fingerprint density at radius 3 is 2.23 bits per heavy atom. The molecular weight excluding hydrogens is 542 g/mol. The number of amides is 1. The molecule has 3 aromatic rings. The van der Waals surface area contributed by atoms with Gasteiger partial charge in [-0.05, 0) is 29.8 Å². The predicted octanol–water partition coefficient (Wildman–Crippen LogP) is 4.34. The topological polar surface area (TPSA) is 77.7 Å². The maximum Gasteiger partial charge on any atom is 0.416 e. The van der Waals surface area contributed by atoms with Gasteiger partial charge in [0.2, 0.25) is 5.91 Å². The minimum absolute atomic E-state index is 0.0401. The minimum Gasteiger partial charge on any atom is -0.383 e. The van der Waals surface area contributed by atoms with Gasteiger partial charge in [-0.15, -0.1) is 0 Å². The summed E-state index contributed by atoms with van der Waals surface area (Å²) in [4.78, 5) is 33.7. The van der Waals surface area contributed by atoms with Crippen LogP contribution in [0, 0.1) is 0 Å². The first kappa shape index (κ1) is 29.6. The molecule has 2 N–H and O–H groups in total. The lowest BCUT2D eigenvalue weighted by Gasteiger charge is -2.36. The van der Waals surface area contributed by atoms with Crippen molar-refractivity contribution >= 4 is 22.6 Å². The Balaban J connectivity index is 1.76. The third kappa shape index (κ3) is 6.65. The Hall–Kier alpha value is -3.42. The number of piperazine rings is 1. The number of rotatable bonds is 9. The van der Waals surface area contributed by atoms with Crippen LogP contribution in [0.3, 0.4) is 0 Å². The number of ether oxygens (including phenoxy) is 1. The average Bonchev–Trinajstić information content (AvgIpc) is 3.33. The first-order valence-electron chi connectivity index (χ1n) is 12.5. The lowest BCUT2D eigenvalue weighted by molar-refractivity contribution is -0.143. The van der Waals surface area contributed by atoms with Gasteiger partial charge in [0, 0.05) is 69.0 Å². The van der Waals surface area contributed by atoms with Gasteiger partial charge in [-0.25, -0.2) is 0 Å². The molecule has 1 aliphatic heterocycles. The Bertz CT molecular complexity index is 1320. The van der Waals surface area contributed by atoms with Crippen LogP contribution in [0.15, 0.2) is 48.7 Å². The van der Waals surface area contributed by atoms with Gasteiger partial charge in [0.25, 0.3) is 0 Å². The van der Waals surface area contributed by atoms with Crippen molar-refractivity contribution in [3.63, 3.8) is 0 Å². The summed E-state index contributed by atoms with van der Waals surface area (Å²) >= 11 is 0. The fourth-order valence-corrected chi connectivity index (χ4v) is 4.74. The Kier molecular flexibility index (Phi) is 8.86. The van der Waals surface area contributed by atoms with Crippen LogP contribution in [0.2, 0.25) is 0 Å². The zero-order chi connectivity index (χ0) is 29.1. The number of halogens is 6. The van der Waals surface area contributed by atoms with E-state index in [1.54, 1.807) is 6.20 Å². The third-order valence-corrected chi connectivity index (χ3v) is 6.78.